The average Bonchev–Trinajstić information content (AvgIpc) is 2.85. The Labute approximate surface area is 116 Å². The lowest BCUT2D eigenvalue weighted by Crippen LogP contribution is -2.28. The molecule has 0 bridgehead atoms. The molecule has 2 aromatic rings. The topological polar surface area (TPSA) is 102 Å². The Kier molecular flexibility index (Phi) is 4.91. The van der Waals surface area contributed by atoms with E-state index < -0.39 is 0 Å². The highest BCUT2D eigenvalue weighted by molar-refractivity contribution is 6.05. The number of anilines is 1. The lowest BCUT2D eigenvalue weighted by molar-refractivity contribution is 0.0692. The third kappa shape index (κ3) is 3.46. The van der Waals surface area contributed by atoms with Crippen LogP contribution in [0.4, 0.5) is 5.69 Å². The first kappa shape index (κ1) is 14.3. The molecule has 2 rings (SSSR count). The Morgan fingerprint density at radius 3 is 3.05 bits per heavy atom. The number of carbonyl (C=O) groups excluding carboxylic acids is 1. The standard InChI is InChI=1S/C13H18N4O3/c1-19-6-7-20-5-4-15-13(18)12-10-8-9(14)2-3-11(10)16-17-12/h2-3,8H,4-7,14H2,1H3,(H,15,18)(H,16,17). The monoisotopic (exact) mass is 278 g/mol. The average molecular weight is 278 g/mol. The Hall–Kier alpha value is -2.12. The number of fused-ring (bicyclic) bond motifs is 1. The van der Waals surface area contributed by atoms with Crippen molar-refractivity contribution in [2.45, 2.75) is 0 Å². The van der Waals surface area contributed by atoms with E-state index in [0.29, 0.717) is 43.1 Å². The van der Waals surface area contributed by atoms with Crippen molar-refractivity contribution in [3.63, 3.8) is 0 Å². The molecular weight excluding hydrogens is 260 g/mol. The van der Waals surface area contributed by atoms with Crippen molar-refractivity contribution < 1.29 is 14.3 Å². The summed E-state index contributed by atoms with van der Waals surface area (Å²) in [5.74, 6) is -0.253. The van der Waals surface area contributed by atoms with E-state index in [1.165, 1.54) is 0 Å². The van der Waals surface area contributed by atoms with E-state index in [4.69, 9.17) is 15.2 Å². The molecule has 1 heterocycles. The van der Waals surface area contributed by atoms with Gasteiger partial charge in [-0.1, -0.05) is 0 Å². The van der Waals surface area contributed by atoms with Crippen molar-refractivity contribution >= 4 is 22.5 Å². The third-order valence-corrected chi connectivity index (χ3v) is 2.77. The number of aromatic amines is 1. The van der Waals surface area contributed by atoms with Gasteiger partial charge in [0.2, 0.25) is 0 Å². The van der Waals surface area contributed by atoms with Gasteiger partial charge in [0, 0.05) is 24.7 Å². The normalized spacial score (nSPS) is 10.8. The molecule has 7 nitrogen and oxygen atoms in total. The van der Waals surface area contributed by atoms with E-state index in [2.05, 4.69) is 15.5 Å². The summed E-state index contributed by atoms with van der Waals surface area (Å²) in [5, 5.41) is 10.3. The minimum atomic E-state index is -0.253. The fourth-order valence-corrected chi connectivity index (χ4v) is 1.77. The maximum atomic E-state index is 12.0. The molecule has 0 fully saturated rings. The quantitative estimate of drug-likeness (QED) is 0.506. The molecule has 0 saturated carbocycles. The van der Waals surface area contributed by atoms with E-state index in [9.17, 15) is 4.79 Å². The fourth-order valence-electron chi connectivity index (χ4n) is 1.77. The van der Waals surface area contributed by atoms with Crippen molar-refractivity contribution in [2.24, 2.45) is 0 Å². The summed E-state index contributed by atoms with van der Waals surface area (Å²) < 4.78 is 10.1. The molecule has 4 N–H and O–H groups in total. The van der Waals surface area contributed by atoms with Crippen LogP contribution in [0.15, 0.2) is 18.2 Å². The number of hydrogen-bond acceptors (Lipinski definition) is 5. The van der Waals surface area contributed by atoms with Crippen LogP contribution in [-0.2, 0) is 9.47 Å². The first-order chi connectivity index (χ1) is 9.72. The van der Waals surface area contributed by atoms with Gasteiger partial charge < -0.3 is 20.5 Å². The van der Waals surface area contributed by atoms with Gasteiger partial charge in [0.1, 0.15) is 0 Å². The van der Waals surface area contributed by atoms with Gasteiger partial charge in [0.15, 0.2) is 5.69 Å². The molecule has 1 amide bonds. The van der Waals surface area contributed by atoms with E-state index in [1.54, 1.807) is 25.3 Å². The number of H-pyrrole nitrogens is 1. The van der Waals surface area contributed by atoms with Gasteiger partial charge >= 0.3 is 0 Å². The predicted octanol–water partition coefficient (Wildman–Crippen LogP) is 0.538. The Bertz CT molecular complexity index is 582. The summed E-state index contributed by atoms with van der Waals surface area (Å²) in [7, 11) is 1.61. The van der Waals surface area contributed by atoms with E-state index >= 15 is 0 Å². The Balaban J connectivity index is 1.89. The number of rotatable bonds is 7. The fraction of sp³-hybridized carbons (Fsp3) is 0.385. The van der Waals surface area contributed by atoms with Crippen molar-refractivity contribution in [1.29, 1.82) is 0 Å². The van der Waals surface area contributed by atoms with Crippen molar-refractivity contribution in [2.75, 3.05) is 39.2 Å². The molecule has 0 aliphatic carbocycles. The molecule has 0 aliphatic rings. The third-order valence-electron chi connectivity index (χ3n) is 2.77. The predicted molar refractivity (Wildman–Crippen MR) is 75.5 cm³/mol. The van der Waals surface area contributed by atoms with Crippen molar-refractivity contribution in [1.82, 2.24) is 15.5 Å². The number of methoxy groups -OCH3 is 1. The zero-order chi connectivity index (χ0) is 14.4. The number of nitrogens with two attached hydrogens (primary N) is 1. The molecule has 1 aromatic carbocycles. The maximum absolute atomic E-state index is 12.0. The molecule has 0 atom stereocenters. The van der Waals surface area contributed by atoms with Crippen LogP contribution in [0.5, 0.6) is 0 Å². The van der Waals surface area contributed by atoms with Gasteiger partial charge in [-0.3, -0.25) is 9.89 Å². The molecule has 0 radical (unpaired) electrons. The zero-order valence-corrected chi connectivity index (χ0v) is 11.3. The molecule has 0 saturated heterocycles. The SMILES string of the molecule is COCCOCCNC(=O)c1n[nH]c2ccc(N)cc12. The zero-order valence-electron chi connectivity index (χ0n) is 11.3. The highest BCUT2D eigenvalue weighted by Crippen LogP contribution is 2.18. The minimum Gasteiger partial charge on any atom is -0.399 e. The first-order valence-corrected chi connectivity index (χ1v) is 6.31. The largest absolute Gasteiger partial charge is 0.399 e. The molecule has 108 valence electrons. The lowest BCUT2D eigenvalue weighted by Gasteiger charge is -2.05. The lowest BCUT2D eigenvalue weighted by atomic mass is 10.2. The van der Waals surface area contributed by atoms with Crippen molar-refractivity contribution in [3.05, 3.63) is 23.9 Å². The molecule has 7 heteroatoms. The molecule has 0 aliphatic heterocycles. The summed E-state index contributed by atoms with van der Waals surface area (Å²) in [6, 6.07) is 5.27. The van der Waals surface area contributed by atoms with Crippen molar-refractivity contribution in [3.8, 4) is 0 Å². The molecule has 1 aromatic heterocycles. The van der Waals surface area contributed by atoms with Crippen LogP contribution in [-0.4, -0.2) is 49.6 Å². The summed E-state index contributed by atoms with van der Waals surface area (Å²) in [6.07, 6.45) is 0. The van der Waals surface area contributed by atoms with Crippen LogP contribution >= 0.6 is 0 Å². The second-order valence-corrected chi connectivity index (χ2v) is 4.24. The first-order valence-electron chi connectivity index (χ1n) is 6.31. The molecule has 20 heavy (non-hydrogen) atoms. The van der Waals surface area contributed by atoms with Gasteiger partial charge in [-0.25, -0.2) is 0 Å². The van der Waals surface area contributed by atoms with E-state index in [-0.39, 0.29) is 5.91 Å². The van der Waals surface area contributed by atoms with Gasteiger partial charge in [-0.2, -0.15) is 5.10 Å². The van der Waals surface area contributed by atoms with E-state index in [1.807, 2.05) is 0 Å². The number of aromatic nitrogens is 2. The van der Waals surface area contributed by atoms with Gasteiger partial charge in [-0.05, 0) is 18.2 Å². The minimum absolute atomic E-state index is 0.253. The molecule has 0 unspecified atom stereocenters. The van der Waals surface area contributed by atoms with Crippen LogP contribution in [0.1, 0.15) is 10.5 Å². The second kappa shape index (κ2) is 6.88. The number of nitrogens with one attached hydrogen (secondary N) is 2. The number of ether oxygens (including phenoxy) is 2. The Morgan fingerprint density at radius 1 is 1.40 bits per heavy atom. The second-order valence-electron chi connectivity index (χ2n) is 4.24. The molecular formula is C13H18N4O3. The Morgan fingerprint density at radius 2 is 2.25 bits per heavy atom. The van der Waals surface area contributed by atoms with Gasteiger partial charge in [0.05, 0.1) is 25.3 Å². The smallest absolute Gasteiger partial charge is 0.272 e. The van der Waals surface area contributed by atoms with E-state index in [0.717, 1.165) is 5.52 Å². The number of nitrogens with zero attached hydrogens (tertiary/aromatic N) is 1. The van der Waals surface area contributed by atoms with Crippen LogP contribution < -0.4 is 11.1 Å². The number of amides is 1. The number of nitrogen functional groups attached to an aromatic ring is 1. The maximum Gasteiger partial charge on any atom is 0.272 e. The van der Waals surface area contributed by atoms with Gasteiger partial charge in [-0.15, -0.1) is 0 Å². The summed E-state index contributed by atoms with van der Waals surface area (Å²) in [4.78, 5) is 12.0. The summed E-state index contributed by atoms with van der Waals surface area (Å²) in [5.41, 5.74) is 7.42. The van der Waals surface area contributed by atoms with Crippen LogP contribution in [0.2, 0.25) is 0 Å². The molecule has 0 spiro atoms. The van der Waals surface area contributed by atoms with Gasteiger partial charge in [0.25, 0.3) is 5.91 Å². The summed E-state index contributed by atoms with van der Waals surface area (Å²) >= 11 is 0. The van der Waals surface area contributed by atoms with Crippen LogP contribution in [0, 0.1) is 0 Å². The number of benzene rings is 1. The van der Waals surface area contributed by atoms with Crippen LogP contribution in [0.25, 0.3) is 10.9 Å². The number of hydrogen-bond donors (Lipinski definition) is 3. The summed E-state index contributed by atoms with van der Waals surface area (Å²) in [6.45, 7) is 1.89. The number of carbonyl (C=O) groups is 1. The van der Waals surface area contributed by atoms with Crippen LogP contribution in [0.3, 0.4) is 0 Å². The highest BCUT2D eigenvalue weighted by Gasteiger charge is 2.13. The highest BCUT2D eigenvalue weighted by atomic mass is 16.5.